The molecule has 15 rings (SSSR count). The zero-order valence-corrected chi connectivity index (χ0v) is 39.5. The molecule has 14 aromatic rings. The van der Waals surface area contributed by atoms with Gasteiger partial charge in [0.05, 0.1) is 11.2 Å². The lowest BCUT2D eigenvalue weighted by atomic mass is 9.82. The number of nitrogens with zero attached hydrogens (tertiary/aromatic N) is 4. The van der Waals surface area contributed by atoms with E-state index in [9.17, 15) is 0 Å². The third-order valence-corrected chi connectivity index (χ3v) is 15.3. The second-order valence-corrected chi connectivity index (χ2v) is 19.7. The molecule has 0 atom stereocenters. The number of para-hydroxylation sites is 2. The highest BCUT2D eigenvalue weighted by Gasteiger charge is 2.35. The minimum atomic E-state index is -0.162. The Bertz CT molecular complexity index is 4560. The van der Waals surface area contributed by atoms with Crippen molar-refractivity contribution in [3.8, 4) is 67.7 Å². The fourth-order valence-corrected chi connectivity index (χ4v) is 11.9. The van der Waals surface area contributed by atoms with E-state index in [0.29, 0.717) is 17.5 Å². The normalized spacial score (nSPS) is 13.0. The monoisotopic (exact) mass is 918 g/mol. The maximum atomic E-state index is 6.81. The number of aromatic nitrogens is 4. The Morgan fingerprint density at radius 1 is 0.319 bits per heavy atom. The SMILES string of the molecule is CC1(C)c2ccccc2-c2ccc(-c3nc(-c4ccccc4)nc(-c4ccc(-c5c6c(cc7c(-c8ccc9c%10ccccc%10c%10ccccc%10c9c8)nc8ccccc8c57)oc5ccccc56)cc4)n3)cc21. The second kappa shape index (κ2) is 15.3. The predicted octanol–water partition coefficient (Wildman–Crippen LogP) is 17.6. The summed E-state index contributed by atoms with van der Waals surface area (Å²) in [5.74, 6) is 1.88. The molecule has 5 heteroatoms. The largest absolute Gasteiger partial charge is 0.456 e. The molecule has 0 amide bonds. The molecule has 3 aromatic heterocycles. The van der Waals surface area contributed by atoms with Crippen molar-refractivity contribution in [3.63, 3.8) is 0 Å². The summed E-state index contributed by atoms with van der Waals surface area (Å²) in [5.41, 5.74) is 14.5. The molecule has 5 nitrogen and oxygen atoms in total. The molecular formula is C67H42N4O. The van der Waals surface area contributed by atoms with E-state index in [1.54, 1.807) is 0 Å². The first-order chi connectivity index (χ1) is 35.4. The molecule has 336 valence electrons. The van der Waals surface area contributed by atoms with Crippen LogP contribution >= 0.6 is 0 Å². The van der Waals surface area contributed by atoms with Gasteiger partial charge in [-0.15, -0.1) is 0 Å². The topological polar surface area (TPSA) is 64.7 Å². The van der Waals surface area contributed by atoms with Crippen molar-refractivity contribution in [1.82, 2.24) is 19.9 Å². The summed E-state index contributed by atoms with van der Waals surface area (Å²) in [6, 6.07) is 77.8. The number of furan rings is 1. The molecular weight excluding hydrogens is 877 g/mol. The van der Waals surface area contributed by atoms with E-state index < -0.39 is 0 Å². The summed E-state index contributed by atoms with van der Waals surface area (Å²) in [6.07, 6.45) is 0. The number of hydrogen-bond donors (Lipinski definition) is 0. The van der Waals surface area contributed by atoms with Crippen LogP contribution in [0.25, 0.3) is 144 Å². The Morgan fingerprint density at radius 3 is 1.58 bits per heavy atom. The van der Waals surface area contributed by atoms with E-state index in [1.165, 1.54) is 54.6 Å². The van der Waals surface area contributed by atoms with Crippen LogP contribution in [0.4, 0.5) is 0 Å². The Balaban J connectivity index is 0.939. The van der Waals surface area contributed by atoms with Gasteiger partial charge in [-0.2, -0.15) is 0 Å². The predicted molar refractivity (Wildman–Crippen MR) is 297 cm³/mol. The average Bonchev–Trinajstić information content (AvgIpc) is 3.93. The van der Waals surface area contributed by atoms with Crippen LogP contribution in [0.15, 0.2) is 223 Å². The van der Waals surface area contributed by atoms with Gasteiger partial charge in [0.2, 0.25) is 0 Å². The molecule has 0 radical (unpaired) electrons. The maximum Gasteiger partial charge on any atom is 0.164 e. The van der Waals surface area contributed by atoms with Crippen LogP contribution in [-0.2, 0) is 5.41 Å². The van der Waals surface area contributed by atoms with Crippen LogP contribution < -0.4 is 0 Å². The van der Waals surface area contributed by atoms with E-state index in [0.717, 1.165) is 82.7 Å². The van der Waals surface area contributed by atoms with Crippen molar-refractivity contribution in [2.75, 3.05) is 0 Å². The molecule has 0 spiro atoms. The third-order valence-electron chi connectivity index (χ3n) is 15.3. The minimum absolute atomic E-state index is 0.162. The number of rotatable bonds is 5. The lowest BCUT2D eigenvalue weighted by Gasteiger charge is -2.21. The van der Waals surface area contributed by atoms with Gasteiger partial charge in [-0.3, -0.25) is 0 Å². The van der Waals surface area contributed by atoms with Gasteiger partial charge in [0, 0.05) is 60.2 Å². The number of pyridine rings is 1. The molecule has 72 heavy (non-hydrogen) atoms. The number of hydrogen-bond acceptors (Lipinski definition) is 5. The van der Waals surface area contributed by atoms with Gasteiger partial charge in [-0.1, -0.05) is 202 Å². The van der Waals surface area contributed by atoms with Crippen LogP contribution in [0.3, 0.4) is 0 Å². The lowest BCUT2D eigenvalue weighted by Crippen LogP contribution is -2.15. The summed E-state index contributed by atoms with van der Waals surface area (Å²) < 4.78 is 6.81. The van der Waals surface area contributed by atoms with Gasteiger partial charge in [0.1, 0.15) is 11.2 Å². The fraction of sp³-hybridized carbons (Fsp3) is 0.0448. The van der Waals surface area contributed by atoms with Gasteiger partial charge in [-0.25, -0.2) is 19.9 Å². The second-order valence-electron chi connectivity index (χ2n) is 19.7. The first kappa shape index (κ1) is 40.6. The molecule has 0 saturated carbocycles. The molecule has 0 bridgehead atoms. The van der Waals surface area contributed by atoms with Crippen LogP contribution in [-0.4, -0.2) is 19.9 Å². The Morgan fingerprint density at radius 2 is 0.847 bits per heavy atom. The third kappa shape index (κ3) is 6.01. The molecule has 0 fully saturated rings. The first-order valence-electron chi connectivity index (χ1n) is 24.6. The highest BCUT2D eigenvalue weighted by atomic mass is 16.3. The summed E-state index contributed by atoms with van der Waals surface area (Å²) in [7, 11) is 0. The van der Waals surface area contributed by atoms with Crippen molar-refractivity contribution in [2.45, 2.75) is 19.3 Å². The van der Waals surface area contributed by atoms with E-state index in [2.05, 4.69) is 208 Å². The van der Waals surface area contributed by atoms with Crippen molar-refractivity contribution < 1.29 is 4.42 Å². The molecule has 1 aliphatic carbocycles. The summed E-state index contributed by atoms with van der Waals surface area (Å²) >= 11 is 0. The van der Waals surface area contributed by atoms with E-state index in [4.69, 9.17) is 24.4 Å². The number of benzene rings is 11. The van der Waals surface area contributed by atoms with Crippen LogP contribution in [0.2, 0.25) is 0 Å². The Labute approximate surface area is 414 Å². The van der Waals surface area contributed by atoms with Crippen molar-refractivity contribution in [1.29, 1.82) is 0 Å². The smallest absolute Gasteiger partial charge is 0.164 e. The van der Waals surface area contributed by atoms with Crippen molar-refractivity contribution >= 4 is 75.9 Å². The van der Waals surface area contributed by atoms with Gasteiger partial charge < -0.3 is 4.42 Å². The lowest BCUT2D eigenvalue weighted by molar-refractivity contribution is 0.660. The average molecular weight is 919 g/mol. The molecule has 0 saturated heterocycles. The van der Waals surface area contributed by atoms with Gasteiger partial charge in [0.15, 0.2) is 17.5 Å². The Kier molecular flexibility index (Phi) is 8.64. The van der Waals surface area contributed by atoms with Gasteiger partial charge in [0.25, 0.3) is 0 Å². The summed E-state index contributed by atoms with van der Waals surface area (Å²) in [6.45, 7) is 4.61. The molecule has 0 N–H and O–H groups in total. The van der Waals surface area contributed by atoms with Crippen molar-refractivity contribution in [2.24, 2.45) is 0 Å². The van der Waals surface area contributed by atoms with E-state index >= 15 is 0 Å². The highest BCUT2D eigenvalue weighted by molar-refractivity contribution is 6.29. The van der Waals surface area contributed by atoms with E-state index in [-0.39, 0.29) is 5.41 Å². The Hall–Kier alpha value is -9.32. The highest BCUT2D eigenvalue weighted by Crippen LogP contribution is 2.50. The molecule has 3 heterocycles. The van der Waals surface area contributed by atoms with E-state index in [1.807, 2.05) is 24.3 Å². The standard InChI is InChI=1S/C67H42N4O/c1-67(2)55-25-13-10-22-49(55)50-35-33-43(37-56(50)67)66-70-64(40-16-4-3-5-17-40)69-65(71-66)41-30-28-39(29-31-41)60-61-51-23-11-14-26-57(51)68-63(54(61)38-59-62(60)52-24-12-15-27-58(52)72-59)42-32-34-48-46-20-7-6-18-44(46)45-19-8-9-21-47(45)53(48)36-42/h3-38H,1-2H3. The molecule has 11 aromatic carbocycles. The maximum absolute atomic E-state index is 6.81. The molecule has 0 aliphatic heterocycles. The van der Waals surface area contributed by atoms with Crippen LogP contribution in [0.5, 0.6) is 0 Å². The summed E-state index contributed by atoms with van der Waals surface area (Å²) in [4.78, 5) is 21.1. The van der Waals surface area contributed by atoms with Crippen LogP contribution in [0.1, 0.15) is 25.0 Å². The number of fused-ring (bicyclic) bond motifs is 15. The molecule has 1 aliphatic rings. The van der Waals surface area contributed by atoms with Gasteiger partial charge in [-0.05, 0) is 90.5 Å². The molecule has 0 unspecified atom stereocenters. The quantitative estimate of drug-likeness (QED) is 0.161. The van der Waals surface area contributed by atoms with Crippen LogP contribution in [0, 0.1) is 0 Å². The van der Waals surface area contributed by atoms with Crippen molar-refractivity contribution in [3.05, 3.63) is 230 Å². The zero-order chi connectivity index (χ0) is 47.7. The zero-order valence-electron chi connectivity index (χ0n) is 39.5. The summed E-state index contributed by atoms with van der Waals surface area (Å²) in [5, 5.41) is 12.8. The first-order valence-corrected chi connectivity index (χ1v) is 24.6. The minimum Gasteiger partial charge on any atom is -0.456 e. The van der Waals surface area contributed by atoms with Gasteiger partial charge >= 0.3 is 0 Å². The fourth-order valence-electron chi connectivity index (χ4n) is 11.9.